The van der Waals surface area contributed by atoms with E-state index in [1.165, 1.54) is 5.48 Å². The molecular formula is C15H26N2O3. The number of rotatable bonds is 10. The third-order valence-corrected chi connectivity index (χ3v) is 3.09. The van der Waals surface area contributed by atoms with Gasteiger partial charge >= 0.3 is 0 Å². The number of carbonyl (C=O) groups is 2. The lowest BCUT2D eigenvalue weighted by Gasteiger charge is -2.16. The van der Waals surface area contributed by atoms with Crippen molar-refractivity contribution >= 4 is 11.8 Å². The Hall–Kier alpha value is -1.62. The zero-order chi connectivity index (χ0) is 15.4. The van der Waals surface area contributed by atoms with Gasteiger partial charge in [-0.1, -0.05) is 18.2 Å². The summed E-state index contributed by atoms with van der Waals surface area (Å²) in [5.74, 6) is -0.304. The summed E-state index contributed by atoms with van der Waals surface area (Å²) in [7, 11) is 0. The molecule has 20 heavy (non-hydrogen) atoms. The minimum atomic E-state index is -0.550. The highest BCUT2D eigenvalue weighted by molar-refractivity contribution is 5.83. The van der Waals surface area contributed by atoms with Gasteiger partial charge in [-0.25, -0.2) is 5.48 Å². The van der Waals surface area contributed by atoms with E-state index in [0.717, 1.165) is 19.3 Å². The third kappa shape index (κ3) is 9.33. The van der Waals surface area contributed by atoms with Crippen LogP contribution >= 0.6 is 0 Å². The highest BCUT2D eigenvalue weighted by atomic mass is 16.5. The molecule has 2 amide bonds. The lowest BCUT2D eigenvalue weighted by Crippen LogP contribution is -2.33. The van der Waals surface area contributed by atoms with E-state index >= 15 is 0 Å². The van der Waals surface area contributed by atoms with Crippen molar-refractivity contribution < 1.29 is 14.8 Å². The zero-order valence-electron chi connectivity index (χ0n) is 12.4. The topological polar surface area (TPSA) is 78.4 Å². The second-order valence-corrected chi connectivity index (χ2v) is 4.88. The normalized spacial score (nSPS) is 13.8. The molecule has 0 aliphatic rings. The molecule has 5 nitrogen and oxygen atoms in total. The van der Waals surface area contributed by atoms with Gasteiger partial charge in [-0.05, 0) is 39.0 Å². The van der Waals surface area contributed by atoms with Gasteiger partial charge in [0.25, 0.3) is 0 Å². The van der Waals surface area contributed by atoms with Crippen LogP contribution in [0.5, 0.6) is 0 Å². The fourth-order valence-corrected chi connectivity index (χ4v) is 1.81. The molecule has 0 heterocycles. The summed E-state index contributed by atoms with van der Waals surface area (Å²) in [5.41, 5.74) is 1.50. The maximum absolute atomic E-state index is 11.6. The average Bonchev–Trinajstić information content (AvgIpc) is 2.44. The molecule has 0 aromatic carbocycles. The number of hydrogen-bond acceptors (Lipinski definition) is 3. The van der Waals surface area contributed by atoms with Crippen molar-refractivity contribution in [3.05, 3.63) is 24.8 Å². The van der Waals surface area contributed by atoms with Gasteiger partial charge in [0.15, 0.2) is 0 Å². The SMILES string of the molecule is C=CC(C/C=C\C)CCC(C)NC(=O)CCC(=O)NO. The molecular weight excluding hydrogens is 256 g/mol. The first kappa shape index (κ1) is 18.4. The molecule has 2 atom stereocenters. The Bertz CT molecular complexity index is 340. The molecule has 0 aromatic rings. The van der Waals surface area contributed by atoms with Crippen LogP contribution in [0, 0.1) is 5.92 Å². The number of nitrogens with one attached hydrogen (secondary N) is 2. The predicted molar refractivity (Wildman–Crippen MR) is 79.1 cm³/mol. The van der Waals surface area contributed by atoms with Gasteiger partial charge in [0.2, 0.25) is 11.8 Å². The Morgan fingerprint density at radius 3 is 2.45 bits per heavy atom. The lowest BCUT2D eigenvalue weighted by molar-refractivity contribution is -0.132. The van der Waals surface area contributed by atoms with Crippen molar-refractivity contribution in [2.24, 2.45) is 5.92 Å². The van der Waals surface area contributed by atoms with Gasteiger partial charge in [-0.2, -0.15) is 0 Å². The van der Waals surface area contributed by atoms with Crippen molar-refractivity contribution in [3.63, 3.8) is 0 Å². The Morgan fingerprint density at radius 2 is 1.90 bits per heavy atom. The van der Waals surface area contributed by atoms with Gasteiger partial charge in [0.1, 0.15) is 0 Å². The van der Waals surface area contributed by atoms with Crippen molar-refractivity contribution in [3.8, 4) is 0 Å². The summed E-state index contributed by atoms with van der Waals surface area (Å²) in [6.45, 7) is 7.76. The van der Waals surface area contributed by atoms with E-state index in [1.807, 2.05) is 26.0 Å². The minimum Gasteiger partial charge on any atom is -0.354 e. The summed E-state index contributed by atoms with van der Waals surface area (Å²) in [4.78, 5) is 22.4. The second-order valence-electron chi connectivity index (χ2n) is 4.88. The van der Waals surface area contributed by atoms with Crippen LogP contribution in [0.3, 0.4) is 0 Å². The van der Waals surface area contributed by atoms with Crippen molar-refractivity contribution in [1.29, 1.82) is 0 Å². The predicted octanol–water partition coefficient (Wildman–Crippen LogP) is 2.33. The third-order valence-electron chi connectivity index (χ3n) is 3.09. The van der Waals surface area contributed by atoms with E-state index in [-0.39, 0.29) is 24.8 Å². The van der Waals surface area contributed by atoms with E-state index in [2.05, 4.69) is 18.0 Å². The molecule has 2 unspecified atom stereocenters. The first-order chi connectivity index (χ1) is 9.53. The summed E-state index contributed by atoms with van der Waals surface area (Å²) in [6, 6.07) is 0.0627. The van der Waals surface area contributed by atoms with Crippen LogP contribution in [0.25, 0.3) is 0 Å². The summed E-state index contributed by atoms with van der Waals surface area (Å²) in [5, 5.41) is 11.2. The highest BCUT2D eigenvalue weighted by Gasteiger charge is 2.11. The van der Waals surface area contributed by atoms with Crippen LogP contribution in [0.2, 0.25) is 0 Å². The van der Waals surface area contributed by atoms with E-state index in [9.17, 15) is 9.59 Å². The maximum atomic E-state index is 11.6. The fraction of sp³-hybridized carbons (Fsp3) is 0.600. The number of hydroxylamine groups is 1. The minimum absolute atomic E-state index is 0.00830. The largest absolute Gasteiger partial charge is 0.354 e. The first-order valence-electron chi connectivity index (χ1n) is 6.99. The molecule has 0 spiro atoms. The van der Waals surface area contributed by atoms with Crippen LogP contribution in [0.4, 0.5) is 0 Å². The van der Waals surface area contributed by atoms with E-state index in [4.69, 9.17) is 5.21 Å². The standard InChI is InChI=1S/C15H26N2O3/c1-4-6-7-13(5-2)9-8-12(3)16-14(18)10-11-15(19)17-20/h4-6,12-13,20H,2,7-11H2,1,3H3,(H,16,18)(H,17,19)/b6-4-. The molecule has 114 valence electrons. The molecule has 0 bridgehead atoms. The maximum Gasteiger partial charge on any atom is 0.243 e. The van der Waals surface area contributed by atoms with Crippen molar-refractivity contribution in [1.82, 2.24) is 10.8 Å². The average molecular weight is 282 g/mol. The molecule has 0 saturated heterocycles. The molecule has 0 fully saturated rings. The van der Waals surface area contributed by atoms with Gasteiger partial charge < -0.3 is 5.32 Å². The van der Waals surface area contributed by atoms with Gasteiger partial charge in [0, 0.05) is 18.9 Å². The zero-order valence-corrected chi connectivity index (χ0v) is 12.4. The molecule has 0 aliphatic carbocycles. The number of amides is 2. The van der Waals surface area contributed by atoms with E-state index < -0.39 is 5.91 Å². The van der Waals surface area contributed by atoms with Crippen LogP contribution in [-0.4, -0.2) is 23.1 Å². The van der Waals surface area contributed by atoms with Crippen LogP contribution in [0.15, 0.2) is 24.8 Å². The Morgan fingerprint density at radius 1 is 1.25 bits per heavy atom. The van der Waals surface area contributed by atoms with Crippen molar-refractivity contribution in [2.75, 3.05) is 0 Å². The highest BCUT2D eigenvalue weighted by Crippen LogP contribution is 2.14. The lowest BCUT2D eigenvalue weighted by atomic mass is 9.97. The molecule has 5 heteroatoms. The van der Waals surface area contributed by atoms with E-state index in [1.54, 1.807) is 0 Å². The Kier molecular flexibility index (Phi) is 10.3. The number of hydrogen-bond donors (Lipinski definition) is 3. The molecule has 0 saturated carbocycles. The quantitative estimate of drug-likeness (QED) is 0.327. The van der Waals surface area contributed by atoms with Gasteiger partial charge in [0.05, 0.1) is 0 Å². The first-order valence-corrected chi connectivity index (χ1v) is 6.99. The summed E-state index contributed by atoms with van der Waals surface area (Å²) < 4.78 is 0. The smallest absolute Gasteiger partial charge is 0.243 e. The summed E-state index contributed by atoms with van der Waals surface area (Å²) >= 11 is 0. The monoisotopic (exact) mass is 282 g/mol. The number of allylic oxidation sites excluding steroid dienone is 3. The van der Waals surface area contributed by atoms with Gasteiger partial charge in [-0.3, -0.25) is 14.8 Å². The van der Waals surface area contributed by atoms with Crippen molar-refractivity contribution in [2.45, 2.75) is 52.0 Å². The van der Waals surface area contributed by atoms with Crippen LogP contribution in [-0.2, 0) is 9.59 Å². The van der Waals surface area contributed by atoms with Crippen LogP contribution < -0.4 is 10.8 Å². The van der Waals surface area contributed by atoms with Crippen LogP contribution in [0.1, 0.15) is 46.0 Å². The Labute approximate surface area is 121 Å². The molecule has 0 rings (SSSR count). The second kappa shape index (κ2) is 11.2. The fourth-order valence-electron chi connectivity index (χ4n) is 1.81. The Balaban J connectivity index is 3.91. The molecule has 3 N–H and O–H groups in total. The summed E-state index contributed by atoms with van der Waals surface area (Å²) in [6.07, 6.45) is 8.96. The molecule has 0 aliphatic heterocycles. The molecule has 0 radical (unpaired) electrons. The van der Waals surface area contributed by atoms with E-state index in [0.29, 0.717) is 5.92 Å². The molecule has 0 aromatic heterocycles. The van der Waals surface area contributed by atoms with Gasteiger partial charge in [-0.15, -0.1) is 6.58 Å². The number of carbonyl (C=O) groups excluding carboxylic acids is 2.